The quantitative estimate of drug-likeness (QED) is 0.166. The lowest BCUT2D eigenvalue weighted by molar-refractivity contribution is -0.156. The van der Waals surface area contributed by atoms with Crippen molar-refractivity contribution in [1.82, 2.24) is 5.32 Å². The second-order valence-electron chi connectivity index (χ2n) is 9.53. The number of carboxylic acid groups (broad SMARTS) is 1. The first-order valence-corrected chi connectivity index (χ1v) is 13.7. The number of nitrogens with two attached hydrogens (primary N) is 1. The van der Waals surface area contributed by atoms with Gasteiger partial charge in [0.05, 0.1) is 5.33 Å². The second kappa shape index (κ2) is 12.4. The van der Waals surface area contributed by atoms with Gasteiger partial charge in [0, 0.05) is 18.8 Å². The molecule has 0 bridgehead atoms. The molecule has 0 unspecified atom stereocenters. The van der Waals surface area contributed by atoms with Gasteiger partial charge in [0.1, 0.15) is 18.4 Å². The first-order chi connectivity index (χ1) is 18.7. The Kier molecular flexibility index (Phi) is 8.93. The van der Waals surface area contributed by atoms with E-state index < -0.39 is 29.4 Å². The van der Waals surface area contributed by atoms with Gasteiger partial charge < -0.3 is 20.9 Å². The normalized spacial score (nSPS) is 14.4. The number of aliphatic carboxylic acids is 1. The number of fused-ring (bicyclic) bond motifs is 3. The van der Waals surface area contributed by atoms with Crippen LogP contribution in [0.3, 0.4) is 0 Å². The van der Waals surface area contributed by atoms with E-state index in [0.29, 0.717) is 5.56 Å². The Hall–Kier alpha value is -3.82. The fourth-order valence-electron chi connectivity index (χ4n) is 4.81. The molecule has 0 heterocycles. The molecule has 0 fully saturated rings. The van der Waals surface area contributed by atoms with Crippen LogP contribution in [-0.4, -0.2) is 52.3 Å². The highest BCUT2D eigenvalue weighted by Crippen LogP contribution is 2.44. The lowest BCUT2D eigenvalue weighted by Gasteiger charge is -2.28. The summed E-state index contributed by atoms with van der Waals surface area (Å²) in [6.07, 6.45) is -0.412. The van der Waals surface area contributed by atoms with Crippen molar-refractivity contribution in [2.75, 3.05) is 11.9 Å². The molecule has 1 aliphatic rings. The first kappa shape index (κ1) is 28.2. The predicted molar refractivity (Wildman–Crippen MR) is 149 cm³/mol. The van der Waals surface area contributed by atoms with E-state index in [2.05, 4.69) is 21.2 Å². The van der Waals surface area contributed by atoms with Gasteiger partial charge >= 0.3 is 11.9 Å². The van der Waals surface area contributed by atoms with E-state index >= 15 is 0 Å². The summed E-state index contributed by atoms with van der Waals surface area (Å²) < 4.78 is 5.72. The average molecular weight is 593 g/mol. The maximum Gasteiger partial charge on any atom is 0.336 e. The third-order valence-corrected chi connectivity index (χ3v) is 7.53. The van der Waals surface area contributed by atoms with Crippen LogP contribution in [0.5, 0.6) is 0 Å². The number of hydrogen-bond acceptors (Lipinski definition) is 6. The lowest BCUT2D eigenvalue weighted by atomic mass is 9.90. The van der Waals surface area contributed by atoms with Crippen LogP contribution >= 0.6 is 15.9 Å². The van der Waals surface area contributed by atoms with Crippen molar-refractivity contribution in [3.63, 3.8) is 0 Å². The molecule has 0 aliphatic heterocycles. The van der Waals surface area contributed by atoms with Crippen molar-refractivity contribution in [2.24, 2.45) is 5.73 Å². The smallest absolute Gasteiger partial charge is 0.336 e. The fourth-order valence-corrected chi connectivity index (χ4v) is 5.09. The number of nitrogens with one attached hydrogen (secondary N) is 1. The molecular formula is C30H29BrN2O6. The Bertz CT molecular complexity index is 1330. The molecule has 0 spiro atoms. The van der Waals surface area contributed by atoms with Gasteiger partial charge in [-0.1, -0.05) is 94.8 Å². The molecular weight excluding hydrogens is 564 g/mol. The highest BCUT2D eigenvalue weighted by Gasteiger charge is 2.46. The molecule has 2 atom stereocenters. The molecule has 3 aromatic carbocycles. The molecule has 0 saturated heterocycles. The highest BCUT2D eigenvalue weighted by atomic mass is 79.9. The molecule has 1 aliphatic carbocycles. The molecule has 202 valence electrons. The first-order valence-electron chi connectivity index (χ1n) is 12.5. The number of halogens is 1. The standard InChI is InChI=1S/C30H29BrN2O6/c31-17-20(34)14-15-26(27(35)36)33-28(37)30(32,16-19-8-2-1-3-9-19)29(38)39-18-25-23-12-6-4-10-21(23)22-11-5-7-13-24(22)25/h1-13,25-26H,14-18,32H2,(H,33,37)(H,35,36)/t26-,30-/m0/s1. The number of ether oxygens (including phenoxy) is 1. The topological polar surface area (TPSA) is 136 Å². The molecule has 1 amide bonds. The summed E-state index contributed by atoms with van der Waals surface area (Å²) in [6, 6.07) is 23.0. The molecule has 39 heavy (non-hydrogen) atoms. The number of amides is 1. The summed E-state index contributed by atoms with van der Waals surface area (Å²) in [5, 5.41) is 12.1. The number of carbonyl (C=O) groups is 4. The van der Waals surface area contributed by atoms with Gasteiger partial charge in [-0.05, 0) is 34.2 Å². The van der Waals surface area contributed by atoms with Crippen molar-refractivity contribution in [3.05, 3.63) is 95.6 Å². The van der Waals surface area contributed by atoms with E-state index in [0.717, 1.165) is 22.3 Å². The summed E-state index contributed by atoms with van der Waals surface area (Å²) in [5.41, 5.74) is 8.98. The van der Waals surface area contributed by atoms with E-state index in [4.69, 9.17) is 10.5 Å². The van der Waals surface area contributed by atoms with E-state index in [1.807, 2.05) is 48.5 Å². The van der Waals surface area contributed by atoms with Crippen LogP contribution in [0.1, 0.15) is 35.4 Å². The highest BCUT2D eigenvalue weighted by molar-refractivity contribution is 9.09. The van der Waals surface area contributed by atoms with Gasteiger partial charge in [0.25, 0.3) is 5.91 Å². The Morgan fingerprint density at radius 2 is 1.49 bits per heavy atom. The van der Waals surface area contributed by atoms with Crippen molar-refractivity contribution in [3.8, 4) is 11.1 Å². The van der Waals surface area contributed by atoms with Crippen LogP contribution in [-0.2, 0) is 30.3 Å². The Labute approximate surface area is 234 Å². The van der Waals surface area contributed by atoms with Crippen LogP contribution in [0.2, 0.25) is 0 Å². The number of hydrogen-bond donors (Lipinski definition) is 3. The molecule has 4 N–H and O–H groups in total. The predicted octanol–water partition coefficient (Wildman–Crippen LogP) is 3.60. The number of rotatable bonds is 12. The second-order valence-corrected chi connectivity index (χ2v) is 10.1. The monoisotopic (exact) mass is 592 g/mol. The van der Waals surface area contributed by atoms with Crippen LogP contribution in [0.4, 0.5) is 0 Å². The SMILES string of the molecule is N[C@@](Cc1ccccc1)(C(=O)N[C@@H](CCC(=O)CBr)C(=O)O)C(=O)OCC1c2ccccc2-c2ccccc21. The molecule has 0 aromatic heterocycles. The van der Waals surface area contributed by atoms with Gasteiger partial charge in [0.15, 0.2) is 5.54 Å². The summed E-state index contributed by atoms with van der Waals surface area (Å²) in [7, 11) is 0. The van der Waals surface area contributed by atoms with Gasteiger partial charge in [-0.15, -0.1) is 0 Å². The Morgan fingerprint density at radius 3 is 2.05 bits per heavy atom. The summed E-state index contributed by atoms with van der Waals surface area (Å²) >= 11 is 3.04. The zero-order chi connectivity index (χ0) is 28.0. The maximum atomic E-state index is 13.5. The van der Waals surface area contributed by atoms with Crippen LogP contribution in [0.15, 0.2) is 78.9 Å². The fraction of sp³-hybridized carbons (Fsp3) is 0.267. The van der Waals surface area contributed by atoms with Crippen LogP contribution in [0, 0.1) is 0 Å². The molecule has 4 rings (SSSR count). The third kappa shape index (κ3) is 6.26. The number of carboxylic acids is 1. The van der Waals surface area contributed by atoms with Gasteiger partial charge in [-0.25, -0.2) is 9.59 Å². The van der Waals surface area contributed by atoms with Crippen molar-refractivity contribution < 1.29 is 29.0 Å². The number of Topliss-reactive ketones (excluding diaryl/α,β-unsaturated/α-hetero) is 1. The third-order valence-electron chi connectivity index (χ3n) is 6.90. The number of esters is 1. The Balaban J connectivity index is 1.57. The number of alkyl halides is 1. The van der Waals surface area contributed by atoms with E-state index in [-0.39, 0.29) is 42.9 Å². The van der Waals surface area contributed by atoms with Crippen LogP contribution < -0.4 is 11.1 Å². The maximum absolute atomic E-state index is 13.5. The average Bonchev–Trinajstić information content (AvgIpc) is 3.27. The van der Waals surface area contributed by atoms with Crippen molar-refractivity contribution >= 4 is 39.6 Å². The lowest BCUT2D eigenvalue weighted by Crippen LogP contribution is -2.64. The van der Waals surface area contributed by atoms with Gasteiger partial charge in [0.2, 0.25) is 0 Å². The molecule has 9 heteroatoms. The number of ketones is 1. The summed E-state index contributed by atoms with van der Waals surface area (Å²) in [6.45, 7) is -0.0456. The zero-order valence-corrected chi connectivity index (χ0v) is 22.7. The van der Waals surface area contributed by atoms with E-state index in [9.17, 15) is 24.3 Å². The van der Waals surface area contributed by atoms with Crippen molar-refractivity contribution in [2.45, 2.75) is 36.8 Å². The number of carbonyl (C=O) groups excluding carboxylic acids is 3. The minimum absolute atomic E-state index is 0.0456. The van der Waals surface area contributed by atoms with E-state index in [1.54, 1.807) is 30.3 Å². The number of benzene rings is 3. The molecule has 8 nitrogen and oxygen atoms in total. The van der Waals surface area contributed by atoms with Crippen molar-refractivity contribution in [1.29, 1.82) is 0 Å². The minimum Gasteiger partial charge on any atom is -0.480 e. The minimum atomic E-state index is -2.20. The summed E-state index contributed by atoms with van der Waals surface area (Å²) in [4.78, 5) is 50.5. The van der Waals surface area contributed by atoms with E-state index in [1.165, 1.54) is 0 Å². The molecule has 0 radical (unpaired) electrons. The molecule has 3 aromatic rings. The Morgan fingerprint density at radius 1 is 0.923 bits per heavy atom. The zero-order valence-electron chi connectivity index (χ0n) is 21.1. The van der Waals surface area contributed by atoms with Gasteiger partial charge in [-0.2, -0.15) is 0 Å². The molecule has 0 saturated carbocycles. The van der Waals surface area contributed by atoms with Gasteiger partial charge in [-0.3, -0.25) is 9.59 Å². The largest absolute Gasteiger partial charge is 0.480 e. The summed E-state index contributed by atoms with van der Waals surface area (Å²) in [5.74, 6) is -3.74. The van der Waals surface area contributed by atoms with Crippen LogP contribution in [0.25, 0.3) is 11.1 Å².